The zero-order valence-corrected chi connectivity index (χ0v) is 17.0. The summed E-state index contributed by atoms with van der Waals surface area (Å²) in [5.74, 6) is 0.371. The third-order valence-corrected chi connectivity index (χ3v) is 4.96. The minimum Gasteiger partial charge on any atom is -0.348 e. The Labute approximate surface area is 175 Å². The fourth-order valence-corrected chi connectivity index (χ4v) is 3.27. The van der Waals surface area contributed by atoms with Crippen molar-refractivity contribution in [3.05, 3.63) is 102 Å². The molecule has 2 heterocycles. The maximum Gasteiger partial charge on any atom is 0.255 e. The first-order valence-electron chi connectivity index (χ1n) is 9.79. The summed E-state index contributed by atoms with van der Waals surface area (Å²) in [6.07, 6.45) is 4.98. The van der Waals surface area contributed by atoms with E-state index in [0.29, 0.717) is 23.6 Å². The number of hydrogen-bond donors (Lipinski definition) is 1. The molecule has 0 spiro atoms. The lowest BCUT2D eigenvalue weighted by atomic mass is 10.0. The average molecular weight is 394 g/mol. The monoisotopic (exact) mass is 394 g/mol. The number of aryl methyl sites for hydroxylation is 2. The van der Waals surface area contributed by atoms with E-state index in [9.17, 15) is 4.79 Å². The van der Waals surface area contributed by atoms with E-state index in [-0.39, 0.29) is 5.91 Å². The van der Waals surface area contributed by atoms with E-state index in [1.807, 2.05) is 56.3 Å². The molecule has 1 N–H and O–H groups in total. The van der Waals surface area contributed by atoms with Crippen molar-refractivity contribution in [3.8, 4) is 22.6 Å². The highest BCUT2D eigenvalue weighted by Gasteiger charge is 2.17. The molecule has 2 aromatic heterocycles. The van der Waals surface area contributed by atoms with E-state index in [1.54, 1.807) is 18.6 Å². The van der Waals surface area contributed by atoms with Crippen LogP contribution in [0.3, 0.4) is 0 Å². The van der Waals surface area contributed by atoms with Crippen LogP contribution in [0.4, 0.5) is 0 Å². The number of nitrogens with zero attached hydrogens (tertiary/aromatic N) is 3. The van der Waals surface area contributed by atoms with Gasteiger partial charge in [0.05, 0.1) is 11.3 Å². The Morgan fingerprint density at radius 3 is 2.47 bits per heavy atom. The molecule has 0 aliphatic carbocycles. The maximum absolute atomic E-state index is 13.0. The first-order chi connectivity index (χ1) is 14.6. The Morgan fingerprint density at radius 1 is 0.933 bits per heavy atom. The Kier molecular flexibility index (Phi) is 5.61. The van der Waals surface area contributed by atoms with Crippen molar-refractivity contribution in [1.29, 1.82) is 0 Å². The van der Waals surface area contributed by atoms with Crippen LogP contribution in [0.25, 0.3) is 22.6 Å². The molecule has 2 aromatic carbocycles. The fraction of sp³-hybridized carbons (Fsp3) is 0.120. The second-order valence-electron chi connectivity index (χ2n) is 7.17. The second-order valence-corrected chi connectivity index (χ2v) is 7.17. The van der Waals surface area contributed by atoms with Gasteiger partial charge in [0.25, 0.3) is 5.91 Å². The quantitative estimate of drug-likeness (QED) is 0.530. The molecule has 4 aromatic rings. The van der Waals surface area contributed by atoms with E-state index in [0.717, 1.165) is 27.8 Å². The zero-order valence-electron chi connectivity index (χ0n) is 17.0. The molecule has 5 heteroatoms. The van der Waals surface area contributed by atoms with E-state index >= 15 is 0 Å². The van der Waals surface area contributed by atoms with Crippen molar-refractivity contribution in [2.24, 2.45) is 0 Å². The summed E-state index contributed by atoms with van der Waals surface area (Å²) in [6.45, 7) is 4.53. The standard InChI is InChI=1S/C25H22N4O/c1-17-8-9-18(2)21(14-17)15-28-25(30)22-16-27-24(20-6-4-3-5-7-20)29-23(22)19-10-12-26-13-11-19/h3-14,16H,15H2,1-2H3,(H,28,30). The lowest BCUT2D eigenvalue weighted by molar-refractivity contribution is 0.0951. The number of hydrogen-bond acceptors (Lipinski definition) is 4. The molecule has 0 saturated heterocycles. The highest BCUT2D eigenvalue weighted by molar-refractivity contribution is 5.99. The smallest absolute Gasteiger partial charge is 0.255 e. The SMILES string of the molecule is Cc1ccc(C)c(CNC(=O)c2cnc(-c3ccccc3)nc2-c2ccncc2)c1. The van der Waals surface area contributed by atoms with Gasteiger partial charge in [0.15, 0.2) is 5.82 Å². The summed E-state index contributed by atoms with van der Waals surface area (Å²) >= 11 is 0. The number of benzene rings is 2. The molecule has 0 unspecified atom stereocenters. The molecule has 0 saturated carbocycles. The Bertz CT molecular complexity index is 1170. The molecule has 0 aliphatic heterocycles. The Hall–Kier alpha value is -3.86. The molecule has 30 heavy (non-hydrogen) atoms. The van der Waals surface area contributed by atoms with Crippen LogP contribution in [0.2, 0.25) is 0 Å². The van der Waals surface area contributed by atoms with Gasteiger partial charge in [-0.15, -0.1) is 0 Å². The minimum absolute atomic E-state index is 0.206. The van der Waals surface area contributed by atoms with Gasteiger partial charge in [0, 0.05) is 36.3 Å². The predicted octanol–water partition coefficient (Wildman–Crippen LogP) is 4.75. The van der Waals surface area contributed by atoms with Gasteiger partial charge in [-0.1, -0.05) is 54.1 Å². The summed E-state index contributed by atoms with van der Waals surface area (Å²) in [6, 6.07) is 19.6. The maximum atomic E-state index is 13.0. The molecule has 0 atom stereocenters. The van der Waals surface area contributed by atoms with Gasteiger partial charge in [-0.3, -0.25) is 9.78 Å². The average Bonchev–Trinajstić information content (AvgIpc) is 2.80. The van der Waals surface area contributed by atoms with Gasteiger partial charge in [-0.2, -0.15) is 0 Å². The number of rotatable bonds is 5. The van der Waals surface area contributed by atoms with Crippen LogP contribution in [0.15, 0.2) is 79.3 Å². The summed E-state index contributed by atoms with van der Waals surface area (Å²) in [4.78, 5) is 26.3. The third kappa shape index (κ3) is 4.25. The van der Waals surface area contributed by atoms with Gasteiger partial charge in [-0.25, -0.2) is 9.97 Å². The minimum atomic E-state index is -0.206. The van der Waals surface area contributed by atoms with Gasteiger partial charge < -0.3 is 5.32 Å². The van der Waals surface area contributed by atoms with Crippen molar-refractivity contribution in [2.75, 3.05) is 0 Å². The van der Waals surface area contributed by atoms with Crippen molar-refractivity contribution < 1.29 is 4.79 Å². The Balaban J connectivity index is 1.68. The molecule has 148 valence electrons. The lowest BCUT2D eigenvalue weighted by Gasteiger charge is -2.12. The van der Waals surface area contributed by atoms with Crippen LogP contribution < -0.4 is 5.32 Å². The molecule has 0 fully saturated rings. The summed E-state index contributed by atoms with van der Waals surface area (Å²) < 4.78 is 0. The number of carbonyl (C=O) groups is 1. The van der Waals surface area contributed by atoms with E-state index < -0.39 is 0 Å². The first-order valence-corrected chi connectivity index (χ1v) is 9.79. The number of nitrogens with one attached hydrogen (secondary N) is 1. The van der Waals surface area contributed by atoms with Crippen LogP contribution in [0.1, 0.15) is 27.0 Å². The topological polar surface area (TPSA) is 67.8 Å². The number of carbonyl (C=O) groups excluding carboxylic acids is 1. The van der Waals surface area contributed by atoms with Gasteiger partial charge in [0.2, 0.25) is 0 Å². The fourth-order valence-electron chi connectivity index (χ4n) is 3.27. The number of aromatic nitrogens is 3. The first kappa shape index (κ1) is 19.5. The molecule has 1 amide bonds. The van der Waals surface area contributed by atoms with Crippen LogP contribution in [0, 0.1) is 13.8 Å². The van der Waals surface area contributed by atoms with Gasteiger partial charge in [-0.05, 0) is 37.1 Å². The summed E-state index contributed by atoms with van der Waals surface area (Å²) in [5, 5.41) is 3.02. The number of pyridine rings is 1. The van der Waals surface area contributed by atoms with Gasteiger partial charge >= 0.3 is 0 Å². The van der Waals surface area contributed by atoms with Crippen LogP contribution in [-0.2, 0) is 6.54 Å². The molecular formula is C25H22N4O. The van der Waals surface area contributed by atoms with Crippen LogP contribution in [0.5, 0.6) is 0 Å². The zero-order chi connectivity index (χ0) is 20.9. The van der Waals surface area contributed by atoms with Gasteiger partial charge in [0.1, 0.15) is 0 Å². The molecule has 4 rings (SSSR count). The predicted molar refractivity (Wildman–Crippen MR) is 118 cm³/mol. The van der Waals surface area contributed by atoms with E-state index in [2.05, 4.69) is 33.5 Å². The highest BCUT2D eigenvalue weighted by atomic mass is 16.1. The van der Waals surface area contributed by atoms with Crippen LogP contribution in [-0.4, -0.2) is 20.9 Å². The summed E-state index contributed by atoms with van der Waals surface area (Å²) in [5.41, 5.74) is 6.15. The second kappa shape index (κ2) is 8.66. The normalized spacial score (nSPS) is 10.6. The van der Waals surface area contributed by atoms with Crippen molar-refractivity contribution in [2.45, 2.75) is 20.4 Å². The largest absolute Gasteiger partial charge is 0.348 e. The number of amides is 1. The third-order valence-electron chi connectivity index (χ3n) is 4.96. The summed E-state index contributed by atoms with van der Waals surface area (Å²) in [7, 11) is 0. The van der Waals surface area contributed by atoms with Crippen molar-refractivity contribution in [3.63, 3.8) is 0 Å². The molecule has 0 bridgehead atoms. The van der Waals surface area contributed by atoms with E-state index in [4.69, 9.17) is 4.98 Å². The Morgan fingerprint density at radius 2 is 1.70 bits per heavy atom. The van der Waals surface area contributed by atoms with E-state index in [1.165, 1.54) is 0 Å². The van der Waals surface area contributed by atoms with Crippen molar-refractivity contribution in [1.82, 2.24) is 20.3 Å². The lowest BCUT2D eigenvalue weighted by Crippen LogP contribution is -2.24. The molecular weight excluding hydrogens is 372 g/mol. The molecule has 0 aliphatic rings. The highest BCUT2D eigenvalue weighted by Crippen LogP contribution is 2.24. The molecule has 0 radical (unpaired) electrons. The molecule has 5 nitrogen and oxygen atoms in total. The van der Waals surface area contributed by atoms with Crippen LogP contribution >= 0.6 is 0 Å². The van der Waals surface area contributed by atoms with Crippen molar-refractivity contribution >= 4 is 5.91 Å².